The molecule has 4 amide bonds. The molecule has 3 N–H and O–H groups in total. The lowest BCUT2D eigenvalue weighted by Gasteiger charge is -2.30. The van der Waals surface area contributed by atoms with Crippen molar-refractivity contribution in [3.63, 3.8) is 0 Å². The van der Waals surface area contributed by atoms with Gasteiger partial charge in [0.15, 0.2) is 0 Å². The van der Waals surface area contributed by atoms with Gasteiger partial charge in [-0.05, 0) is 36.6 Å². The number of benzene rings is 2. The predicted molar refractivity (Wildman–Crippen MR) is 167 cm³/mol. The van der Waals surface area contributed by atoms with E-state index in [-0.39, 0.29) is 44.4 Å². The predicted octanol–water partition coefficient (Wildman–Crippen LogP) is 2.40. The van der Waals surface area contributed by atoms with Crippen LogP contribution in [0.2, 0.25) is 0 Å². The molecule has 11 heteroatoms. The number of Topliss-reactive ketones (excluding diaryl/α,β-unsaturated/α-hetero) is 1. The van der Waals surface area contributed by atoms with Gasteiger partial charge >= 0.3 is 0 Å². The maximum absolute atomic E-state index is 14.3. The molecule has 0 spiro atoms. The largest absolute Gasteiger partial charge is 0.493 e. The van der Waals surface area contributed by atoms with Crippen LogP contribution in [-0.4, -0.2) is 78.3 Å². The maximum atomic E-state index is 14.3. The van der Waals surface area contributed by atoms with E-state index >= 15 is 0 Å². The first-order valence-electron chi connectivity index (χ1n) is 15.4. The monoisotopic (exact) mass is 618 g/mol. The van der Waals surface area contributed by atoms with Crippen LogP contribution in [0, 0.1) is 0 Å². The van der Waals surface area contributed by atoms with E-state index in [9.17, 15) is 24.0 Å². The van der Waals surface area contributed by atoms with Crippen molar-refractivity contribution in [1.82, 2.24) is 20.9 Å². The van der Waals surface area contributed by atoms with Gasteiger partial charge in [-0.25, -0.2) is 0 Å². The number of carbonyl (C=O) groups is 5. The lowest BCUT2D eigenvalue weighted by atomic mass is 10.0. The van der Waals surface area contributed by atoms with Crippen molar-refractivity contribution < 1.29 is 33.4 Å². The summed E-state index contributed by atoms with van der Waals surface area (Å²) < 4.78 is 12.2. The molecule has 45 heavy (non-hydrogen) atoms. The Labute approximate surface area is 263 Å². The SMILES string of the molecule is C=CCNC(=O)C(=O)C(CCC)NC(=O)[C@@H]1C[C@@H]2CN1C(=O)[C@H](c1ccccc1)NC(=O)Cc1cccc(c1)OCC[C@@H](C)O2. The van der Waals surface area contributed by atoms with Crippen molar-refractivity contribution >= 4 is 29.4 Å². The highest BCUT2D eigenvalue weighted by molar-refractivity contribution is 6.38. The molecule has 4 bridgehead atoms. The zero-order valence-corrected chi connectivity index (χ0v) is 25.8. The summed E-state index contributed by atoms with van der Waals surface area (Å²) in [7, 11) is 0. The average molecular weight is 619 g/mol. The lowest BCUT2D eigenvalue weighted by Crippen LogP contribution is -2.54. The van der Waals surface area contributed by atoms with E-state index in [2.05, 4.69) is 22.5 Å². The molecule has 2 aliphatic heterocycles. The number of hydrogen-bond donors (Lipinski definition) is 3. The minimum atomic E-state index is -1.07. The topological polar surface area (TPSA) is 143 Å². The number of nitrogens with zero attached hydrogens (tertiary/aromatic N) is 1. The van der Waals surface area contributed by atoms with Crippen molar-refractivity contribution in [3.8, 4) is 5.75 Å². The summed E-state index contributed by atoms with van der Waals surface area (Å²) in [6, 6.07) is 13.0. The Morgan fingerprint density at radius 2 is 1.91 bits per heavy atom. The fourth-order valence-corrected chi connectivity index (χ4v) is 5.60. The molecule has 4 rings (SSSR count). The normalized spacial score (nSPS) is 22.8. The Balaban J connectivity index is 1.64. The minimum Gasteiger partial charge on any atom is -0.493 e. The smallest absolute Gasteiger partial charge is 0.289 e. The molecule has 2 aromatic rings. The fourth-order valence-electron chi connectivity index (χ4n) is 5.60. The van der Waals surface area contributed by atoms with E-state index in [0.717, 1.165) is 5.56 Å². The van der Waals surface area contributed by atoms with Crippen LogP contribution in [0.5, 0.6) is 5.75 Å². The average Bonchev–Trinajstić information content (AvgIpc) is 3.45. The molecule has 1 saturated heterocycles. The van der Waals surface area contributed by atoms with Crippen LogP contribution in [-0.2, 0) is 35.1 Å². The highest BCUT2D eigenvalue weighted by Crippen LogP contribution is 2.28. The van der Waals surface area contributed by atoms with Gasteiger partial charge in [0, 0.05) is 25.9 Å². The molecule has 0 saturated carbocycles. The summed E-state index contributed by atoms with van der Waals surface area (Å²) in [5.74, 6) is -2.37. The van der Waals surface area contributed by atoms with Crippen LogP contribution in [0.4, 0.5) is 0 Å². The highest BCUT2D eigenvalue weighted by atomic mass is 16.5. The highest BCUT2D eigenvalue weighted by Gasteiger charge is 2.44. The van der Waals surface area contributed by atoms with E-state index in [0.29, 0.717) is 30.8 Å². The van der Waals surface area contributed by atoms with Gasteiger partial charge in [-0.3, -0.25) is 24.0 Å². The number of fused-ring (bicyclic) bond motifs is 4. The summed E-state index contributed by atoms with van der Waals surface area (Å²) in [5, 5.41) is 8.07. The fraction of sp³-hybridized carbons (Fsp3) is 0.441. The molecule has 1 fully saturated rings. The molecule has 240 valence electrons. The van der Waals surface area contributed by atoms with Gasteiger partial charge in [0.05, 0.1) is 31.3 Å². The first-order chi connectivity index (χ1) is 21.7. The van der Waals surface area contributed by atoms with Crippen molar-refractivity contribution in [3.05, 3.63) is 78.4 Å². The van der Waals surface area contributed by atoms with Gasteiger partial charge in [-0.15, -0.1) is 6.58 Å². The van der Waals surface area contributed by atoms with Crippen molar-refractivity contribution in [2.24, 2.45) is 0 Å². The summed E-state index contributed by atoms with van der Waals surface area (Å²) in [6.45, 7) is 7.88. The lowest BCUT2D eigenvalue weighted by molar-refractivity contribution is -0.143. The third kappa shape index (κ3) is 9.01. The quantitative estimate of drug-likeness (QED) is 0.289. The Morgan fingerprint density at radius 1 is 1.13 bits per heavy atom. The summed E-state index contributed by atoms with van der Waals surface area (Å²) in [6.07, 6.45) is 2.27. The van der Waals surface area contributed by atoms with E-state index < -0.39 is 47.7 Å². The summed E-state index contributed by atoms with van der Waals surface area (Å²) in [4.78, 5) is 68.2. The van der Waals surface area contributed by atoms with E-state index in [1.54, 1.807) is 30.3 Å². The summed E-state index contributed by atoms with van der Waals surface area (Å²) in [5.41, 5.74) is 1.28. The molecule has 2 aromatic carbocycles. The molecule has 0 aliphatic carbocycles. The van der Waals surface area contributed by atoms with Crippen LogP contribution in [0.15, 0.2) is 67.3 Å². The second-order valence-corrected chi connectivity index (χ2v) is 11.4. The van der Waals surface area contributed by atoms with Crippen LogP contribution in [0.25, 0.3) is 0 Å². The Morgan fingerprint density at radius 3 is 2.64 bits per heavy atom. The van der Waals surface area contributed by atoms with Crippen molar-refractivity contribution in [2.75, 3.05) is 19.7 Å². The third-order valence-corrected chi connectivity index (χ3v) is 7.86. The first-order valence-corrected chi connectivity index (χ1v) is 15.4. The molecule has 2 heterocycles. The molecule has 1 unspecified atom stereocenters. The molecule has 0 aromatic heterocycles. The van der Waals surface area contributed by atoms with Crippen LogP contribution >= 0.6 is 0 Å². The number of carbonyl (C=O) groups excluding carboxylic acids is 5. The molecular formula is C34H42N4O7. The Kier molecular flexibility index (Phi) is 11.9. The van der Waals surface area contributed by atoms with E-state index in [4.69, 9.17) is 9.47 Å². The number of rotatable bonds is 9. The second kappa shape index (κ2) is 16.0. The minimum absolute atomic E-state index is 0.0224. The molecule has 0 radical (unpaired) electrons. The van der Waals surface area contributed by atoms with Gasteiger partial charge in [0.25, 0.3) is 11.8 Å². The van der Waals surface area contributed by atoms with E-state index in [1.807, 2.05) is 38.1 Å². The standard InChI is InChI=1S/C34H42N4O7/c1-4-10-27(31(40)33(42)35-16-5-2)36-32(41)28-20-26-21-38(28)34(43)30(24-12-7-6-8-13-24)37-29(39)19-23-11-9-14-25(18-23)44-17-15-22(3)45-26/h5-9,11-14,18,22,26-28,30H,2,4,10,15-17,19-21H2,1,3H3,(H,35,42)(H,36,41)(H,37,39)/t22-,26-,27?,28+,30+/m1/s1. The number of hydrogen-bond acceptors (Lipinski definition) is 7. The van der Waals surface area contributed by atoms with Crippen LogP contribution < -0.4 is 20.7 Å². The van der Waals surface area contributed by atoms with E-state index in [1.165, 1.54) is 11.0 Å². The molecular weight excluding hydrogens is 576 g/mol. The second-order valence-electron chi connectivity index (χ2n) is 11.4. The van der Waals surface area contributed by atoms with Crippen molar-refractivity contribution in [2.45, 2.75) is 76.3 Å². The first kappa shape index (κ1) is 33.4. The van der Waals surface area contributed by atoms with Gasteiger partial charge in [-0.2, -0.15) is 0 Å². The maximum Gasteiger partial charge on any atom is 0.289 e. The number of ketones is 1. The van der Waals surface area contributed by atoms with Gasteiger partial charge < -0.3 is 30.3 Å². The van der Waals surface area contributed by atoms with Crippen LogP contribution in [0.1, 0.15) is 56.7 Å². The van der Waals surface area contributed by atoms with Crippen LogP contribution in [0.3, 0.4) is 0 Å². The summed E-state index contributed by atoms with van der Waals surface area (Å²) >= 11 is 0. The zero-order chi connectivity index (χ0) is 32.3. The molecule has 5 atom stereocenters. The number of ether oxygens (including phenoxy) is 2. The number of amides is 4. The Hall–Kier alpha value is -4.51. The van der Waals surface area contributed by atoms with Gasteiger partial charge in [-0.1, -0.05) is 61.9 Å². The van der Waals surface area contributed by atoms with Crippen molar-refractivity contribution in [1.29, 1.82) is 0 Å². The van der Waals surface area contributed by atoms with Gasteiger partial charge in [0.1, 0.15) is 17.8 Å². The third-order valence-electron chi connectivity index (χ3n) is 7.86. The molecule has 11 nitrogen and oxygen atoms in total. The zero-order valence-electron chi connectivity index (χ0n) is 25.8. The Bertz CT molecular complexity index is 1380. The van der Waals surface area contributed by atoms with Gasteiger partial charge in [0.2, 0.25) is 17.6 Å². The molecule has 2 aliphatic rings. The number of nitrogens with one attached hydrogen (secondary N) is 3.